The first-order valence-electron chi connectivity index (χ1n) is 21.0. The van der Waals surface area contributed by atoms with Crippen LogP contribution in [0.5, 0.6) is 0 Å². The fourth-order valence-corrected chi connectivity index (χ4v) is 8.64. The summed E-state index contributed by atoms with van der Waals surface area (Å²) in [6.07, 6.45) is 10.2. The van der Waals surface area contributed by atoms with Gasteiger partial charge in [0.25, 0.3) is 0 Å². The van der Waals surface area contributed by atoms with Crippen LogP contribution in [0, 0.1) is 0 Å². The zero-order chi connectivity index (χ0) is 43.2. The Bertz CT molecular complexity index is 2460. The van der Waals surface area contributed by atoms with Crippen molar-refractivity contribution < 1.29 is 28.7 Å². The molecule has 3 aliphatic heterocycles. The molecule has 2 saturated heterocycles. The summed E-state index contributed by atoms with van der Waals surface area (Å²) in [5.74, 6) is 0.343. The highest BCUT2D eigenvalue weighted by Gasteiger charge is 2.38. The van der Waals surface area contributed by atoms with Gasteiger partial charge in [-0.25, -0.2) is 19.6 Å². The van der Waals surface area contributed by atoms with E-state index in [1.807, 2.05) is 52.2 Å². The third-order valence-corrected chi connectivity index (χ3v) is 11.9. The van der Waals surface area contributed by atoms with Gasteiger partial charge < -0.3 is 39.5 Å². The molecule has 0 unspecified atom stereocenters. The Kier molecular flexibility index (Phi) is 12.6. The van der Waals surface area contributed by atoms with Crippen molar-refractivity contribution in [3.05, 3.63) is 126 Å². The number of imidazole rings is 2. The summed E-state index contributed by atoms with van der Waals surface area (Å²) in [7, 11) is 2.56. The highest BCUT2D eigenvalue weighted by Crippen LogP contribution is 2.34. The number of aliphatic imine (C=N–C) groups is 1. The summed E-state index contributed by atoms with van der Waals surface area (Å²) in [5.41, 5.74) is 8.90. The number of likely N-dealkylation sites (tertiary alicyclic amines) is 2. The van der Waals surface area contributed by atoms with Crippen molar-refractivity contribution in [2.75, 3.05) is 27.3 Å². The van der Waals surface area contributed by atoms with Gasteiger partial charge in [-0.1, -0.05) is 78.9 Å². The molecule has 8 rings (SSSR count). The standard InChI is InChI=1S/C47H51N9O6/c1-30(51-46(59)61-2)44(57)55-21-7-11-41(55)38-23-36(25-48-38)34-15-13-32(14-16-34)33-17-19-35(20-18-33)40-26-49-43(52-40)42-12-8-22-56(42)45(58)39(53-47(60)62-3)24-37-28-54(29-50-37)27-31-9-5-4-6-10-31/h4-6,9-10,13-20,25-26,28-30,39,41-42H,7-8,11-12,21-24,27H2,1-3H3,(H,49,52)(H,51,59)(H,53,60)/t30-,39-,41-,42-/m0/s1. The Morgan fingerprint density at radius 3 is 2.10 bits per heavy atom. The molecule has 2 aromatic heterocycles. The normalized spacial score (nSPS) is 18.2. The summed E-state index contributed by atoms with van der Waals surface area (Å²) in [6, 6.07) is 24.8. The zero-order valence-corrected chi connectivity index (χ0v) is 35.1. The van der Waals surface area contributed by atoms with E-state index in [-0.39, 0.29) is 30.3 Å². The van der Waals surface area contributed by atoms with Gasteiger partial charge in [-0.05, 0) is 66.0 Å². The number of hydrogen-bond acceptors (Lipinski definition) is 9. The van der Waals surface area contributed by atoms with Crippen LogP contribution >= 0.6 is 0 Å². The molecule has 62 heavy (non-hydrogen) atoms. The van der Waals surface area contributed by atoms with Crippen LogP contribution in [0.3, 0.4) is 0 Å². The number of benzene rings is 3. The second-order valence-electron chi connectivity index (χ2n) is 15.9. The molecule has 5 heterocycles. The number of rotatable bonds is 13. The molecular formula is C47H51N9O6. The number of amides is 4. The fraction of sp³-hybridized carbons (Fsp3) is 0.340. The molecule has 0 bridgehead atoms. The number of H-pyrrole nitrogens is 1. The quantitative estimate of drug-likeness (QED) is 0.120. The molecule has 3 aliphatic rings. The molecule has 4 amide bonds. The second-order valence-corrected chi connectivity index (χ2v) is 15.9. The average molecular weight is 838 g/mol. The van der Waals surface area contributed by atoms with Gasteiger partial charge in [0.15, 0.2) is 0 Å². The number of ether oxygens (including phenoxy) is 2. The Morgan fingerprint density at radius 1 is 0.774 bits per heavy atom. The number of nitrogens with one attached hydrogen (secondary N) is 3. The topological polar surface area (TPSA) is 176 Å². The minimum absolute atomic E-state index is 0.0952. The van der Waals surface area contributed by atoms with Crippen molar-refractivity contribution in [3.63, 3.8) is 0 Å². The predicted molar refractivity (Wildman–Crippen MR) is 234 cm³/mol. The number of aromatic amines is 1. The van der Waals surface area contributed by atoms with E-state index in [1.54, 1.807) is 24.3 Å². The summed E-state index contributed by atoms with van der Waals surface area (Å²) < 4.78 is 11.5. The maximum Gasteiger partial charge on any atom is 0.407 e. The highest BCUT2D eigenvalue weighted by molar-refractivity contribution is 6.03. The summed E-state index contributed by atoms with van der Waals surface area (Å²) in [4.78, 5) is 72.5. The first kappa shape index (κ1) is 41.7. The molecule has 0 saturated carbocycles. The Hall–Kier alpha value is -7.03. The fourth-order valence-electron chi connectivity index (χ4n) is 8.64. The Balaban J connectivity index is 0.883. The summed E-state index contributed by atoms with van der Waals surface area (Å²) >= 11 is 0. The third-order valence-electron chi connectivity index (χ3n) is 11.9. The number of methoxy groups -OCH3 is 2. The van der Waals surface area contributed by atoms with E-state index < -0.39 is 24.3 Å². The molecule has 0 aliphatic carbocycles. The maximum absolute atomic E-state index is 14.1. The van der Waals surface area contributed by atoms with Crippen LogP contribution in [-0.4, -0.2) is 104 Å². The van der Waals surface area contributed by atoms with Crippen LogP contribution in [0.1, 0.15) is 67.7 Å². The number of carbonyl (C=O) groups is 4. The van der Waals surface area contributed by atoms with Gasteiger partial charge in [-0.3, -0.25) is 14.6 Å². The van der Waals surface area contributed by atoms with Crippen LogP contribution in [0.2, 0.25) is 0 Å². The van der Waals surface area contributed by atoms with E-state index in [9.17, 15) is 19.2 Å². The molecule has 15 nitrogen and oxygen atoms in total. The monoisotopic (exact) mass is 837 g/mol. The van der Waals surface area contributed by atoms with Gasteiger partial charge in [0.2, 0.25) is 11.8 Å². The average Bonchev–Trinajstić information content (AvgIpc) is 4.16. The van der Waals surface area contributed by atoms with Crippen LogP contribution in [-0.2, 0) is 32.0 Å². The molecule has 5 aromatic rings. The van der Waals surface area contributed by atoms with Gasteiger partial charge in [0.05, 0.1) is 50.2 Å². The summed E-state index contributed by atoms with van der Waals surface area (Å²) in [6.45, 7) is 3.48. The molecule has 4 atom stereocenters. The SMILES string of the molecule is COC(=O)N[C@@H](C)C(=O)N1CCC[C@H]1C1=NC=C(c2ccc(-c3ccc(-c4cnc([C@@H]5CCCN5C(=O)[C@H](Cc5cn(Cc6ccccc6)cn5)NC(=O)OC)[nH]4)cc3)cc2)C1. The Morgan fingerprint density at radius 2 is 1.40 bits per heavy atom. The van der Waals surface area contributed by atoms with Crippen LogP contribution in [0.25, 0.3) is 28.0 Å². The number of allylic oxidation sites excluding steroid dienone is 1. The number of alkyl carbamates (subject to hydrolysis) is 2. The van der Waals surface area contributed by atoms with Crippen molar-refractivity contribution in [1.82, 2.24) is 40.0 Å². The van der Waals surface area contributed by atoms with E-state index in [0.717, 1.165) is 70.5 Å². The minimum Gasteiger partial charge on any atom is -0.453 e. The van der Waals surface area contributed by atoms with Crippen molar-refractivity contribution in [1.29, 1.82) is 0 Å². The van der Waals surface area contributed by atoms with E-state index in [1.165, 1.54) is 14.2 Å². The molecule has 3 N–H and O–H groups in total. The van der Waals surface area contributed by atoms with E-state index in [4.69, 9.17) is 14.7 Å². The first-order valence-corrected chi connectivity index (χ1v) is 21.0. The lowest BCUT2D eigenvalue weighted by Crippen LogP contribution is -2.50. The van der Waals surface area contributed by atoms with Crippen LogP contribution in [0.4, 0.5) is 9.59 Å². The van der Waals surface area contributed by atoms with Gasteiger partial charge in [0, 0.05) is 50.6 Å². The minimum atomic E-state index is -0.868. The number of hydrogen-bond donors (Lipinski definition) is 3. The smallest absolute Gasteiger partial charge is 0.407 e. The zero-order valence-electron chi connectivity index (χ0n) is 35.1. The van der Waals surface area contributed by atoms with Crippen molar-refractivity contribution in [2.45, 2.75) is 76.2 Å². The van der Waals surface area contributed by atoms with E-state index in [0.29, 0.717) is 37.6 Å². The molecule has 15 heteroatoms. The number of aromatic nitrogens is 4. The van der Waals surface area contributed by atoms with Gasteiger partial charge in [-0.15, -0.1) is 0 Å². The van der Waals surface area contributed by atoms with Crippen LogP contribution < -0.4 is 10.6 Å². The van der Waals surface area contributed by atoms with Crippen LogP contribution in [0.15, 0.2) is 109 Å². The second kappa shape index (κ2) is 18.7. The lowest BCUT2D eigenvalue weighted by Gasteiger charge is -2.28. The molecule has 0 radical (unpaired) electrons. The first-order chi connectivity index (χ1) is 30.2. The largest absolute Gasteiger partial charge is 0.453 e. The maximum atomic E-state index is 14.1. The molecule has 2 fully saturated rings. The van der Waals surface area contributed by atoms with Gasteiger partial charge >= 0.3 is 12.2 Å². The Labute approximate surface area is 360 Å². The van der Waals surface area contributed by atoms with Crippen molar-refractivity contribution in [3.8, 4) is 22.4 Å². The molecule has 3 aromatic carbocycles. The molecule has 0 spiro atoms. The lowest BCUT2D eigenvalue weighted by atomic mass is 9.96. The van der Waals surface area contributed by atoms with Gasteiger partial charge in [0.1, 0.15) is 17.9 Å². The van der Waals surface area contributed by atoms with Gasteiger partial charge in [-0.2, -0.15) is 0 Å². The lowest BCUT2D eigenvalue weighted by molar-refractivity contribution is -0.134. The third kappa shape index (κ3) is 9.31. The molecular weight excluding hydrogens is 787 g/mol. The van der Waals surface area contributed by atoms with Crippen molar-refractivity contribution >= 4 is 35.3 Å². The highest BCUT2D eigenvalue weighted by atomic mass is 16.5. The van der Waals surface area contributed by atoms with E-state index >= 15 is 0 Å². The van der Waals surface area contributed by atoms with Crippen molar-refractivity contribution in [2.24, 2.45) is 4.99 Å². The molecule has 320 valence electrons. The number of carbonyl (C=O) groups excluding carboxylic acids is 4. The number of nitrogens with zero attached hydrogens (tertiary/aromatic N) is 6. The van der Waals surface area contributed by atoms with E-state index in [2.05, 4.69) is 73.9 Å². The summed E-state index contributed by atoms with van der Waals surface area (Å²) in [5, 5.41) is 5.33. The predicted octanol–water partition coefficient (Wildman–Crippen LogP) is 6.54.